The van der Waals surface area contributed by atoms with Crippen LogP contribution in [0.25, 0.3) is 0 Å². The van der Waals surface area contributed by atoms with Crippen LogP contribution in [0.4, 0.5) is 0 Å². The Kier molecular flexibility index (Phi) is 3.84. The summed E-state index contributed by atoms with van der Waals surface area (Å²) in [6.07, 6.45) is 0.641. The van der Waals surface area contributed by atoms with Crippen LogP contribution in [-0.2, 0) is 11.0 Å². The molecule has 1 aromatic carbocycles. The van der Waals surface area contributed by atoms with E-state index in [1.165, 1.54) is 7.05 Å². The van der Waals surface area contributed by atoms with Crippen LogP contribution in [0, 0.1) is 0 Å². The van der Waals surface area contributed by atoms with Crippen LogP contribution in [0.2, 0.25) is 0 Å². The third-order valence-corrected chi connectivity index (χ3v) is 3.10. The van der Waals surface area contributed by atoms with Crippen LogP contribution >= 0.6 is 7.75 Å². The van der Waals surface area contributed by atoms with Crippen LogP contribution in [0.15, 0.2) is 30.3 Å². The largest absolute Gasteiger partial charge is 0.402 e. The fraction of sp³-hybridized carbons (Fsp3) is 0.333. The van der Waals surface area contributed by atoms with E-state index >= 15 is 0 Å². The number of hydrogen-bond donors (Lipinski definition) is 2. The summed E-state index contributed by atoms with van der Waals surface area (Å²) in [7, 11) is -2.64. The average molecular weight is 215 g/mol. The summed E-state index contributed by atoms with van der Waals surface area (Å²) in [5, 5.41) is 0. The maximum Gasteiger partial charge on any atom is 0.402 e. The second-order valence-electron chi connectivity index (χ2n) is 3.13. The molecule has 0 aliphatic carbocycles. The SMILES string of the molecule is CN(CCc1ccccc1)P(=O)(O)O. The van der Waals surface area contributed by atoms with Gasteiger partial charge >= 0.3 is 7.75 Å². The standard InChI is InChI=1S/C9H14NO3P/c1-10(14(11,12)13)8-7-9-5-3-2-4-6-9/h2-6H,7-8H2,1H3,(H2,11,12,13). The second kappa shape index (κ2) is 4.71. The van der Waals surface area contributed by atoms with Crippen molar-refractivity contribution >= 4 is 7.75 Å². The van der Waals surface area contributed by atoms with E-state index in [2.05, 4.69) is 0 Å². The monoisotopic (exact) mass is 215 g/mol. The molecule has 0 aliphatic heterocycles. The smallest absolute Gasteiger partial charge is 0.312 e. The van der Waals surface area contributed by atoms with Crippen LogP contribution < -0.4 is 0 Å². The van der Waals surface area contributed by atoms with Crippen molar-refractivity contribution in [1.82, 2.24) is 4.67 Å². The Bertz CT molecular complexity index is 322. The van der Waals surface area contributed by atoms with E-state index in [1.54, 1.807) is 0 Å². The Morgan fingerprint density at radius 1 is 1.29 bits per heavy atom. The number of nitrogens with zero attached hydrogens (tertiary/aromatic N) is 1. The molecule has 0 aliphatic rings. The van der Waals surface area contributed by atoms with Gasteiger partial charge < -0.3 is 9.79 Å². The molecule has 1 aromatic rings. The Hall–Kier alpha value is -0.670. The number of benzene rings is 1. The van der Waals surface area contributed by atoms with Gasteiger partial charge in [-0.25, -0.2) is 9.24 Å². The van der Waals surface area contributed by atoms with Crippen LogP contribution in [0.1, 0.15) is 5.56 Å². The molecule has 14 heavy (non-hydrogen) atoms. The van der Waals surface area contributed by atoms with E-state index in [4.69, 9.17) is 9.79 Å². The van der Waals surface area contributed by atoms with Gasteiger partial charge in [0.15, 0.2) is 0 Å². The van der Waals surface area contributed by atoms with Gasteiger partial charge in [-0.05, 0) is 19.0 Å². The molecule has 0 saturated heterocycles. The van der Waals surface area contributed by atoms with Gasteiger partial charge in [0.05, 0.1) is 0 Å². The van der Waals surface area contributed by atoms with Gasteiger partial charge in [-0.2, -0.15) is 0 Å². The topological polar surface area (TPSA) is 60.8 Å². The zero-order chi connectivity index (χ0) is 10.6. The molecule has 0 saturated carbocycles. The quantitative estimate of drug-likeness (QED) is 0.742. The molecule has 0 aromatic heterocycles. The van der Waals surface area contributed by atoms with Gasteiger partial charge in [-0.1, -0.05) is 30.3 Å². The molecule has 0 unspecified atom stereocenters. The van der Waals surface area contributed by atoms with Gasteiger partial charge in [-0.15, -0.1) is 0 Å². The lowest BCUT2D eigenvalue weighted by Gasteiger charge is -2.17. The molecule has 0 bridgehead atoms. The highest BCUT2D eigenvalue weighted by Crippen LogP contribution is 2.37. The molecule has 4 nitrogen and oxygen atoms in total. The lowest BCUT2D eigenvalue weighted by Crippen LogP contribution is -2.17. The van der Waals surface area contributed by atoms with Gasteiger partial charge in [0.2, 0.25) is 0 Å². The lowest BCUT2D eigenvalue weighted by molar-refractivity contribution is 0.293. The van der Waals surface area contributed by atoms with Crippen molar-refractivity contribution in [3.63, 3.8) is 0 Å². The van der Waals surface area contributed by atoms with Crippen molar-refractivity contribution < 1.29 is 14.4 Å². The van der Waals surface area contributed by atoms with E-state index in [0.29, 0.717) is 13.0 Å². The average Bonchev–Trinajstić information content (AvgIpc) is 2.14. The second-order valence-corrected chi connectivity index (χ2v) is 4.84. The summed E-state index contributed by atoms with van der Waals surface area (Å²) < 4.78 is 11.8. The summed E-state index contributed by atoms with van der Waals surface area (Å²) in [4.78, 5) is 17.6. The summed E-state index contributed by atoms with van der Waals surface area (Å²) in [5.41, 5.74) is 1.08. The normalized spacial score (nSPS) is 12.0. The van der Waals surface area contributed by atoms with Crippen LogP contribution in [0.5, 0.6) is 0 Å². The Labute approximate surface area is 83.4 Å². The lowest BCUT2D eigenvalue weighted by atomic mass is 10.2. The molecule has 5 heteroatoms. The van der Waals surface area contributed by atoms with Crippen molar-refractivity contribution in [3.8, 4) is 0 Å². The van der Waals surface area contributed by atoms with Gasteiger partial charge in [-0.3, -0.25) is 0 Å². The summed E-state index contributed by atoms with van der Waals surface area (Å²) in [6.45, 7) is 0.355. The molecule has 0 radical (unpaired) electrons. The Balaban J connectivity index is 2.46. The Morgan fingerprint density at radius 3 is 2.36 bits per heavy atom. The van der Waals surface area contributed by atoms with E-state index in [1.807, 2.05) is 30.3 Å². The highest BCUT2D eigenvalue weighted by atomic mass is 31.2. The van der Waals surface area contributed by atoms with Crippen molar-refractivity contribution in [2.45, 2.75) is 6.42 Å². The molecule has 0 heterocycles. The fourth-order valence-electron chi connectivity index (χ4n) is 1.07. The maximum atomic E-state index is 10.8. The molecule has 2 N–H and O–H groups in total. The van der Waals surface area contributed by atoms with Crippen molar-refractivity contribution in [2.24, 2.45) is 0 Å². The Morgan fingerprint density at radius 2 is 1.86 bits per heavy atom. The van der Waals surface area contributed by atoms with E-state index in [-0.39, 0.29) is 0 Å². The van der Waals surface area contributed by atoms with Crippen LogP contribution in [0.3, 0.4) is 0 Å². The first-order chi connectivity index (χ1) is 6.50. The van der Waals surface area contributed by atoms with Crippen molar-refractivity contribution in [2.75, 3.05) is 13.6 Å². The number of likely N-dealkylation sites (N-methyl/N-ethyl adjacent to an activating group) is 1. The fourth-order valence-corrected chi connectivity index (χ4v) is 1.43. The zero-order valence-corrected chi connectivity index (χ0v) is 8.89. The third-order valence-electron chi connectivity index (χ3n) is 2.01. The molecular formula is C9H14NO3P. The van der Waals surface area contributed by atoms with E-state index in [9.17, 15) is 4.57 Å². The minimum absolute atomic E-state index is 0.355. The molecule has 0 fully saturated rings. The molecule has 0 amide bonds. The highest BCUT2D eigenvalue weighted by molar-refractivity contribution is 7.49. The third kappa shape index (κ3) is 3.60. The zero-order valence-electron chi connectivity index (χ0n) is 8.00. The summed E-state index contributed by atoms with van der Waals surface area (Å²) >= 11 is 0. The minimum atomic E-state index is -4.06. The maximum absolute atomic E-state index is 10.8. The summed E-state index contributed by atoms with van der Waals surface area (Å²) in [6, 6.07) is 9.61. The highest BCUT2D eigenvalue weighted by Gasteiger charge is 2.19. The summed E-state index contributed by atoms with van der Waals surface area (Å²) in [5.74, 6) is 0. The predicted molar refractivity (Wildman–Crippen MR) is 54.8 cm³/mol. The molecule has 1 rings (SSSR count). The first kappa shape index (κ1) is 11.4. The van der Waals surface area contributed by atoms with E-state index in [0.717, 1.165) is 10.2 Å². The van der Waals surface area contributed by atoms with E-state index < -0.39 is 7.75 Å². The van der Waals surface area contributed by atoms with Gasteiger partial charge in [0.25, 0.3) is 0 Å². The molecule has 0 atom stereocenters. The van der Waals surface area contributed by atoms with Gasteiger partial charge in [0, 0.05) is 6.54 Å². The predicted octanol–water partition coefficient (Wildman–Crippen LogP) is 1.25. The number of rotatable bonds is 4. The minimum Gasteiger partial charge on any atom is -0.312 e. The van der Waals surface area contributed by atoms with Crippen LogP contribution in [-0.4, -0.2) is 28.0 Å². The first-order valence-electron chi connectivity index (χ1n) is 4.31. The van der Waals surface area contributed by atoms with Crippen molar-refractivity contribution in [3.05, 3.63) is 35.9 Å². The molecular weight excluding hydrogens is 201 g/mol. The first-order valence-corrected chi connectivity index (χ1v) is 5.88. The number of hydrogen-bond acceptors (Lipinski definition) is 1. The molecule has 78 valence electrons. The van der Waals surface area contributed by atoms with Crippen molar-refractivity contribution in [1.29, 1.82) is 0 Å². The van der Waals surface area contributed by atoms with Gasteiger partial charge in [0.1, 0.15) is 0 Å². The molecule has 0 spiro atoms.